The molecule has 0 spiro atoms. The van der Waals surface area contributed by atoms with E-state index in [0.29, 0.717) is 10.8 Å². The van der Waals surface area contributed by atoms with Crippen LogP contribution in [-0.4, -0.2) is 36.4 Å². The van der Waals surface area contributed by atoms with Crippen molar-refractivity contribution >= 4 is 33.4 Å². The van der Waals surface area contributed by atoms with Crippen LogP contribution in [0.2, 0.25) is 5.02 Å². The highest BCUT2D eigenvalue weighted by Crippen LogP contribution is 2.33. The number of imidazole rings is 1. The highest BCUT2D eigenvalue weighted by molar-refractivity contribution is 7.98. The fraction of sp³-hybridized carbons (Fsp3) is 0.160. The molecule has 0 radical (unpaired) electrons. The molecule has 4 aromatic rings. The van der Waals surface area contributed by atoms with Crippen molar-refractivity contribution in [2.75, 3.05) is 14.1 Å². The summed E-state index contributed by atoms with van der Waals surface area (Å²) in [5.41, 5.74) is 5.07. The molecule has 4 rings (SSSR count). The third-order valence-electron chi connectivity index (χ3n) is 5.27. The number of para-hydroxylation sites is 1. The lowest BCUT2D eigenvalue weighted by molar-refractivity contribution is 0.520. The molecule has 170 valence electrons. The Morgan fingerprint density at radius 3 is 2.42 bits per heavy atom. The number of hydrogen-bond acceptors (Lipinski definition) is 4. The van der Waals surface area contributed by atoms with Gasteiger partial charge in [0.2, 0.25) is 10.0 Å². The molecule has 0 saturated heterocycles. The third kappa shape index (κ3) is 5.01. The number of sulfonamides is 1. The van der Waals surface area contributed by atoms with Crippen LogP contribution in [0.25, 0.3) is 16.9 Å². The van der Waals surface area contributed by atoms with Crippen molar-refractivity contribution in [2.45, 2.75) is 22.7 Å². The van der Waals surface area contributed by atoms with E-state index in [2.05, 4.69) is 23.6 Å². The number of hydrogen-bond donors (Lipinski definition) is 0. The number of nitrogens with zero attached hydrogens (tertiary/aromatic N) is 3. The monoisotopic (exact) mass is 497 g/mol. The van der Waals surface area contributed by atoms with E-state index in [0.717, 1.165) is 33.2 Å². The lowest BCUT2D eigenvalue weighted by atomic mass is 10.1. The van der Waals surface area contributed by atoms with Crippen LogP contribution >= 0.6 is 23.4 Å². The number of rotatable bonds is 7. The highest BCUT2D eigenvalue weighted by Gasteiger charge is 2.19. The van der Waals surface area contributed by atoms with E-state index in [1.807, 2.05) is 48.7 Å². The van der Waals surface area contributed by atoms with Crippen molar-refractivity contribution in [2.24, 2.45) is 0 Å². The smallest absolute Gasteiger partial charge is 0.242 e. The summed E-state index contributed by atoms with van der Waals surface area (Å²) in [7, 11) is -0.411. The van der Waals surface area contributed by atoms with Crippen LogP contribution in [0.1, 0.15) is 11.1 Å². The molecule has 1 aromatic heterocycles. The minimum absolute atomic E-state index is 0.287. The van der Waals surface area contributed by atoms with E-state index in [4.69, 9.17) is 16.6 Å². The standard InChI is InChI=1S/C25H24ClN3O2S2/c1-18-7-4-5-10-23(18)29-24(20-11-13-21(26)14-12-20)16-27-25(29)32-17-19-8-6-9-22(15-19)33(30,31)28(2)3/h4-16H,17H2,1-3H3. The SMILES string of the molecule is Cc1ccccc1-n1c(-c2ccc(Cl)cc2)cnc1SCc1cccc(S(=O)(=O)N(C)C)c1. The maximum atomic E-state index is 12.5. The van der Waals surface area contributed by atoms with Crippen LogP contribution in [0.15, 0.2) is 89.0 Å². The summed E-state index contributed by atoms with van der Waals surface area (Å²) in [5.74, 6) is 0.583. The number of aromatic nitrogens is 2. The van der Waals surface area contributed by atoms with Gasteiger partial charge < -0.3 is 0 Å². The first-order valence-corrected chi connectivity index (χ1v) is 13.1. The van der Waals surface area contributed by atoms with Gasteiger partial charge in [-0.1, -0.05) is 65.8 Å². The molecule has 0 saturated carbocycles. The van der Waals surface area contributed by atoms with Crippen LogP contribution in [0.3, 0.4) is 0 Å². The highest BCUT2D eigenvalue weighted by atomic mass is 35.5. The summed E-state index contributed by atoms with van der Waals surface area (Å²) < 4.78 is 28.4. The second-order valence-corrected chi connectivity index (χ2v) is 11.3. The number of thioether (sulfide) groups is 1. The van der Waals surface area contributed by atoms with Crippen molar-refractivity contribution in [3.8, 4) is 16.9 Å². The Kier molecular flexibility index (Phi) is 6.95. The minimum atomic E-state index is -3.48. The predicted molar refractivity (Wildman–Crippen MR) is 136 cm³/mol. The summed E-state index contributed by atoms with van der Waals surface area (Å²) in [4.78, 5) is 5.00. The minimum Gasteiger partial charge on any atom is -0.287 e. The Balaban J connectivity index is 1.71. The molecule has 3 aromatic carbocycles. The normalized spacial score (nSPS) is 11.8. The molecule has 0 fully saturated rings. The predicted octanol–water partition coefficient (Wildman–Crippen LogP) is 6.04. The largest absolute Gasteiger partial charge is 0.287 e. The fourth-order valence-electron chi connectivity index (χ4n) is 3.46. The van der Waals surface area contributed by atoms with Gasteiger partial charge in [0.15, 0.2) is 5.16 Å². The molecule has 5 nitrogen and oxygen atoms in total. The van der Waals surface area contributed by atoms with Crippen molar-refractivity contribution < 1.29 is 8.42 Å². The zero-order chi connectivity index (χ0) is 23.6. The first kappa shape index (κ1) is 23.6. The van der Waals surface area contributed by atoms with Crippen LogP contribution < -0.4 is 0 Å². The van der Waals surface area contributed by atoms with Crippen molar-refractivity contribution in [1.82, 2.24) is 13.9 Å². The summed E-state index contributed by atoms with van der Waals surface area (Å²) >= 11 is 7.66. The molecule has 0 unspecified atom stereocenters. The van der Waals surface area contributed by atoms with E-state index in [9.17, 15) is 8.42 Å². The molecule has 1 heterocycles. The van der Waals surface area contributed by atoms with Gasteiger partial charge in [-0.3, -0.25) is 4.57 Å². The van der Waals surface area contributed by atoms with E-state index < -0.39 is 10.0 Å². The van der Waals surface area contributed by atoms with E-state index in [1.165, 1.54) is 18.4 Å². The van der Waals surface area contributed by atoms with Gasteiger partial charge in [-0.2, -0.15) is 0 Å². The molecule has 0 atom stereocenters. The Morgan fingerprint density at radius 2 is 1.73 bits per heavy atom. The topological polar surface area (TPSA) is 55.2 Å². The van der Waals surface area contributed by atoms with E-state index in [-0.39, 0.29) is 4.90 Å². The summed E-state index contributed by atoms with van der Waals surface area (Å²) in [6.45, 7) is 2.07. The number of benzene rings is 3. The second-order valence-electron chi connectivity index (χ2n) is 7.78. The Bertz CT molecular complexity index is 1380. The van der Waals surface area contributed by atoms with Crippen LogP contribution in [-0.2, 0) is 15.8 Å². The molecule has 0 aliphatic heterocycles. The fourth-order valence-corrected chi connectivity index (χ4v) is 5.49. The van der Waals surface area contributed by atoms with Gasteiger partial charge in [0.25, 0.3) is 0 Å². The Morgan fingerprint density at radius 1 is 1.00 bits per heavy atom. The van der Waals surface area contributed by atoms with Crippen LogP contribution in [0.5, 0.6) is 0 Å². The van der Waals surface area contributed by atoms with Crippen LogP contribution in [0.4, 0.5) is 0 Å². The average molecular weight is 498 g/mol. The first-order chi connectivity index (χ1) is 15.8. The Hall–Kier alpha value is -2.58. The Labute approximate surface area is 204 Å². The lowest BCUT2D eigenvalue weighted by Crippen LogP contribution is -2.22. The second kappa shape index (κ2) is 9.73. The summed E-state index contributed by atoms with van der Waals surface area (Å²) in [5, 5.41) is 1.51. The molecule has 0 bridgehead atoms. The molecule has 33 heavy (non-hydrogen) atoms. The zero-order valence-corrected chi connectivity index (χ0v) is 21.0. The number of aryl methyl sites for hydroxylation is 1. The molecule has 8 heteroatoms. The van der Waals surface area contributed by atoms with Gasteiger partial charge in [0, 0.05) is 30.4 Å². The van der Waals surface area contributed by atoms with Crippen molar-refractivity contribution in [1.29, 1.82) is 0 Å². The zero-order valence-electron chi connectivity index (χ0n) is 18.6. The van der Waals surface area contributed by atoms with Crippen molar-refractivity contribution in [3.05, 3.63) is 95.1 Å². The summed E-state index contributed by atoms with van der Waals surface area (Å²) in [6, 6.07) is 22.9. The summed E-state index contributed by atoms with van der Waals surface area (Å²) in [6.07, 6.45) is 1.87. The molecule has 0 aliphatic rings. The van der Waals surface area contributed by atoms with Gasteiger partial charge in [-0.15, -0.1) is 0 Å². The van der Waals surface area contributed by atoms with Gasteiger partial charge in [-0.05, 0) is 48.4 Å². The van der Waals surface area contributed by atoms with Crippen molar-refractivity contribution in [3.63, 3.8) is 0 Å². The van der Waals surface area contributed by atoms with Gasteiger partial charge in [-0.25, -0.2) is 17.7 Å². The maximum Gasteiger partial charge on any atom is 0.242 e. The maximum absolute atomic E-state index is 12.5. The van der Waals surface area contributed by atoms with Crippen LogP contribution in [0, 0.1) is 6.92 Å². The lowest BCUT2D eigenvalue weighted by Gasteiger charge is -2.15. The molecule has 0 amide bonds. The first-order valence-electron chi connectivity index (χ1n) is 10.3. The number of halogens is 1. The van der Waals surface area contributed by atoms with Gasteiger partial charge in [0.05, 0.1) is 22.5 Å². The molecule has 0 aliphatic carbocycles. The van der Waals surface area contributed by atoms with Gasteiger partial charge >= 0.3 is 0 Å². The van der Waals surface area contributed by atoms with E-state index >= 15 is 0 Å². The average Bonchev–Trinajstić information content (AvgIpc) is 3.22. The molecular weight excluding hydrogens is 474 g/mol. The molecule has 0 N–H and O–H groups in total. The quantitative estimate of drug-likeness (QED) is 0.292. The third-order valence-corrected chi connectivity index (χ3v) is 8.36. The van der Waals surface area contributed by atoms with E-state index in [1.54, 1.807) is 30.0 Å². The van der Waals surface area contributed by atoms with Gasteiger partial charge in [0.1, 0.15) is 0 Å². The molecular formula is C25H24ClN3O2S2.